The van der Waals surface area contributed by atoms with Crippen LogP contribution in [-0.4, -0.2) is 11.1 Å². The highest BCUT2D eigenvalue weighted by Crippen LogP contribution is 2.36. The van der Waals surface area contributed by atoms with Crippen LogP contribution < -0.4 is 11.2 Å². The summed E-state index contributed by atoms with van der Waals surface area (Å²) in [5.74, 6) is -0.688. The molecule has 0 radical (unpaired) electrons. The van der Waals surface area contributed by atoms with Gasteiger partial charge in [-0.3, -0.25) is 10.0 Å². The maximum Gasteiger partial charge on any atom is 0.275 e. The van der Waals surface area contributed by atoms with Crippen molar-refractivity contribution < 1.29 is 10.0 Å². The molecular formula is C11H8Cl2N2O2. The zero-order chi connectivity index (χ0) is 12.6. The zero-order valence-corrected chi connectivity index (χ0v) is 10.0. The minimum atomic E-state index is -0.688. The molecule has 4 N–H and O–H groups in total. The molecule has 0 bridgehead atoms. The summed E-state index contributed by atoms with van der Waals surface area (Å²) in [5, 5.41) is 10.3. The van der Waals surface area contributed by atoms with Crippen LogP contribution in [0, 0.1) is 0 Å². The summed E-state index contributed by atoms with van der Waals surface area (Å²) in [6, 6.07) is 6.42. The summed E-state index contributed by atoms with van der Waals surface area (Å²) in [6.07, 6.45) is 0. The van der Waals surface area contributed by atoms with Crippen LogP contribution in [0.5, 0.6) is 0 Å². The Morgan fingerprint density at radius 3 is 2.71 bits per heavy atom. The molecule has 0 aliphatic carbocycles. The molecule has 0 saturated carbocycles. The van der Waals surface area contributed by atoms with Crippen LogP contribution in [0.2, 0.25) is 10.0 Å². The van der Waals surface area contributed by atoms with Crippen molar-refractivity contribution in [2.24, 2.45) is 0 Å². The first-order valence-electron chi connectivity index (χ1n) is 4.67. The fraction of sp³-hybridized carbons (Fsp3) is 0. The first-order chi connectivity index (χ1) is 8.06. The summed E-state index contributed by atoms with van der Waals surface area (Å²) in [5.41, 5.74) is 7.92. The molecule has 0 heterocycles. The third kappa shape index (κ3) is 1.91. The van der Waals surface area contributed by atoms with Crippen LogP contribution in [0.1, 0.15) is 10.4 Å². The highest BCUT2D eigenvalue weighted by Gasteiger charge is 2.16. The number of hydroxylamine groups is 1. The number of halogens is 2. The second-order valence-electron chi connectivity index (χ2n) is 3.43. The van der Waals surface area contributed by atoms with Crippen LogP contribution in [0.4, 0.5) is 5.69 Å². The number of hydrogen-bond acceptors (Lipinski definition) is 3. The summed E-state index contributed by atoms with van der Waals surface area (Å²) in [6.45, 7) is 0. The van der Waals surface area contributed by atoms with E-state index in [0.717, 1.165) is 0 Å². The van der Waals surface area contributed by atoms with E-state index in [2.05, 4.69) is 0 Å². The highest BCUT2D eigenvalue weighted by atomic mass is 35.5. The predicted octanol–water partition coefficient (Wildman–Crippen LogP) is 2.85. The SMILES string of the molecule is Nc1cccc2c(Cl)c(Cl)cc(C(=O)NO)c12. The fourth-order valence-electron chi connectivity index (χ4n) is 1.68. The maximum atomic E-state index is 11.5. The lowest BCUT2D eigenvalue weighted by molar-refractivity contribution is 0.0708. The third-order valence-electron chi connectivity index (χ3n) is 2.43. The molecule has 0 spiro atoms. The van der Waals surface area contributed by atoms with Crippen LogP contribution in [0.15, 0.2) is 24.3 Å². The molecule has 0 atom stereocenters. The van der Waals surface area contributed by atoms with Crippen molar-refractivity contribution in [1.82, 2.24) is 5.48 Å². The van der Waals surface area contributed by atoms with Crippen LogP contribution in [0.25, 0.3) is 10.8 Å². The molecule has 6 heteroatoms. The Kier molecular flexibility index (Phi) is 3.11. The maximum absolute atomic E-state index is 11.5. The standard InChI is InChI=1S/C11H8Cl2N2O2/c12-7-4-6(11(16)15-17)9-5(10(7)13)2-1-3-8(9)14/h1-4,17H,14H2,(H,15,16). The number of carbonyl (C=O) groups excluding carboxylic acids is 1. The van der Waals surface area contributed by atoms with Gasteiger partial charge in [0.1, 0.15) is 0 Å². The number of nitrogens with two attached hydrogens (primary N) is 1. The van der Waals surface area contributed by atoms with E-state index < -0.39 is 5.91 Å². The molecule has 2 rings (SSSR count). The molecule has 0 aliphatic rings. The van der Waals surface area contributed by atoms with Gasteiger partial charge in [-0.2, -0.15) is 0 Å². The van der Waals surface area contributed by atoms with Gasteiger partial charge in [-0.05, 0) is 12.1 Å². The van der Waals surface area contributed by atoms with E-state index in [4.69, 9.17) is 34.1 Å². The van der Waals surface area contributed by atoms with Crippen LogP contribution in [-0.2, 0) is 0 Å². The molecule has 0 aliphatic heterocycles. The van der Waals surface area contributed by atoms with Gasteiger partial charge in [0, 0.05) is 16.5 Å². The van der Waals surface area contributed by atoms with E-state index in [1.165, 1.54) is 6.07 Å². The average molecular weight is 271 g/mol. The molecule has 0 unspecified atom stereocenters. The summed E-state index contributed by atoms with van der Waals surface area (Å²) in [4.78, 5) is 11.5. The van der Waals surface area contributed by atoms with Gasteiger partial charge in [0.2, 0.25) is 0 Å². The van der Waals surface area contributed by atoms with Crippen molar-refractivity contribution >= 4 is 45.6 Å². The second-order valence-corrected chi connectivity index (χ2v) is 4.22. The van der Waals surface area contributed by atoms with Gasteiger partial charge in [0.05, 0.1) is 15.6 Å². The van der Waals surface area contributed by atoms with Crippen LogP contribution in [0.3, 0.4) is 0 Å². The zero-order valence-electron chi connectivity index (χ0n) is 8.50. The van der Waals surface area contributed by atoms with Crippen molar-refractivity contribution in [3.05, 3.63) is 39.9 Å². The van der Waals surface area contributed by atoms with Crippen LogP contribution >= 0.6 is 23.2 Å². The predicted molar refractivity (Wildman–Crippen MR) is 67.6 cm³/mol. The first-order valence-corrected chi connectivity index (χ1v) is 5.42. The topological polar surface area (TPSA) is 75.4 Å². The number of anilines is 1. The van der Waals surface area contributed by atoms with E-state index in [0.29, 0.717) is 21.5 Å². The molecule has 17 heavy (non-hydrogen) atoms. The van der Waals surface area contributed by atoms with E-state index in [9.17, 15) is 4.79 Å². The van der Waals surface area contributed by atoms with E-state index >= 15 is 0 Å². The Hall–Kier alpha value is -1.49. The Morgan fingerprint density at radius 1 is 1.35 bits per heavy atom. The Bertz CT molecular complexity index is 614. The highest BCUT2D eigenvalue weighted by molar-refractivity contribution is 6.46. The van der Waals surface area contributed by atoms with Crippen molar-refractivity contribution in [3.63, 3.8) is 0 Å². The van der Waals surface area contributed by atoms with Gasteiger partial charge in [0.15, 0.2) is 0 Å². The number of amides is 1. The van der Waals surface area contributed by atoms with Crippen molar-refractivity contribution in [1.29, 1.82) is 0 Å². The molecule has 0 aromatic heterocycles. The molecule has 88 valence electrons. The van der Waals surface area contributed by atoms with Gasteiger partial charge >= 0.3 is 0 Å². The van der Waals surface area contributed by atoms with E-state index in [1.807, 2.05) is 0 Å². The number of benzene rings is 2. The molecule has 0 saturated heterocycles. The molecular weight excluding hydrogens is 263 g/mol. The molecule has 0 fully saturated rings. The lowest BCUT2D eigenvalue weighted by Gasteiger charge is -2.10. The van der Waals surface area contributed by atoms with Gasteiger partial charge in [-0.25, -0.2) is 5.48 Å². The van der Waals surface area contributed by atoms with E-state index in [-0.39, 0.29) is 10.6 Å². The van der Waals surface area contributed by atoms with Crippen molar-refractivity contribution in [2.75, 3.05) is 5.73 Å². The van der Waals surface area contributed by atoms with Gasteiger partial charge in [-0.15, -0.1) is 0 Å². The average Bonchev–Trinajstić information content (AvgIpc) is 2.33. The molecule has 2 aromatic rings. The van der Waals surface area contributed by atoms with Gasteiger partial charge < -0.3 is 5.73 Å². The van der Waals surface area contributed by atoms with Crippen molar-refractivity contribution in [2.45, 2.75) is 0 Å². The third-order valence-corrected chi connectivity index (χ3v) is 3.23. The summed E-state index contributed by atoms with van der Waals surface area (Å²) in [7, 11) is 0. The number of fused-ring (bicyclic) bond motifs is 1. The number of nitrogens with one attached hydrogen (secondary N) is 1. The number of nitrogen functional groups attached to an aromatic ring is 1. The molecule has 2 aromatic carbocycles. The Balaban J connectivity index is 2.93. The number of rotatable bonds is 1. The largest absolute Gasteiger partial charge is 0.398 e. The summed E-state index contributed by atoms with van der Waals surface area (Å²) < 4.78 is 0. The fourth-order valence-corrected chi connectivity index (χ4v) is 2.11. The lowest BCUT2D eigenvalue weighted by atomic mass is 10.0. The van der Waals surface area contributed by atoms with Crippen molar-refractivity contribution in [3.8, 4) is 0 Å². The molecule has 4 nitrogen and oxygen atoms in total. The first kappa shape index (κ1) is 12.0. The number of carbonyl (C=O) groups is 1. The Morgan fingerprint density at radius 2 is 2.06 bits per heavy atom. The normalized spacial score (nSPS) is 10.5. The minimum Gasteiger partial charge on any atom is -0.398 e. The minimum absolute atomic E-state index is 0.176. The van der Waals surface area contributed by atoms with E-state index in [1.54, 1.807) is 23.7 Å². The van der Waals surface area contributed by atoms with Gasteiger partial charge in [0.25, 0.3) is 5.91 Å². The smallest absolute Gasteiger partial charge is 0.275 e. The number of hydrogen-bond donors (Lipinski definition) is 3. The Labute approximate surface area is 107 Å². The quantitative estimate of drug-likeness (QED) is 0.424. The lowest BCUT2D eigenvalue weighted by Crippen LogP contribution is -2.19. The van der Waals surface area contributed by atoms with Gasteiger partial charge in [-0.1, -0.05) is 35.3 Å². The second kappa shape index (κ2) is 4.41. The summed E-state index contributed by atoms with van der Waals surface area (Å²) >= 11 is 11.9. The molecule has 1 amide bonds. The monoisotopic (exact) mass is 270 g/mol.